The zero-order valence-corrected chi connectivity index (χ0v) is 19.1. The smallest absolute Gasteiger partial charge is 0.261 e. The highest BCUT2D eigenvalue weighted by Gasteiger charge is 2.55. The molecule has 1 saturated carbocycles. The highest BCUT2D eigenvalue weighted by atomic mass is 28.4. The van der Waals surface area contributed by atoms with Crippen LogP contribution >= 0.6 is 0 Å². The molecule has 0 aliphatic heterocycles. The van der Waals surface area contributed by atoms with Gasteiger partial charge in [0.05, 0.1) is 6.10 Å². The average molecular weight is 405 g/mol. The minimum atomic E-state index is -2.57. The molecule has 0 N–H and O–H groups in total. The van der Waals surface area contributed by atoms with Crippen molar-refractivity contribution in [1.29, 1.82) is 0 Å². The van der Waals surface area contributed by atoms with Gasteiger partial charge in [0.25, 0.3) is 8.32 Å². The molecular weight excluding hydrogens is 372 g/mol. The molecule has 152 valence electrons. The third-order valence-corrected chi connectivity index (χ3v) is 12.1. The van der Waals surface area contributed by atoms with E-state index < -0.39 is 8.32 Å². The van der Waals surface area contributed by atoms with Crippen LogP contribution in [0, 0.1) is 5.41 Å². The molecule has 1 fully saturated rings. The molecule has 0 unspecified atom stereocenters. The number of hydrogen-bond donors (Lipinski definition) is 0. The van der Waals surface area contributed by atoms with Gasteiger partial charge in [0.2, 0.25) is 0 Å². The van der Waals surface area contributed by atoms with Crippen LogP contribution in [0.5, 0.6) is 0 Å². The summed E-state index contributed by atoms with van der Waals surface area (Å²) in [5.74, 6) is 0.281. The van der Waals surface area contributed by atoms with E-state index in [0.29, 0.717) is 6.42 Å². The van der Waals surface area contributed by atoms with Crippen molar-refractivity contribution in [1.82, 2.24) is 0 Å². The Balaban J connectivity index is 1.86. The fourth-order valence-corrected chi connectivity index (χ4v) is 10.2. The van der Waals surface area contributed by atoms with Crippen LogP contribution in [0.15, 0.2) is 72.3 Å². The van der Waals surface area contributed by atoms with Crippen molar-refractivity contribution in [3.63, 3.8) is 0 Å². The van der Waals surface area contributed by atoms with Crippen LogP contribution in [-0.4, -0.2) is 20.2 Å². The fraction of sp³-hybridized carbons (Fsp3) is 0.423. The molecule has 0 bridgehead atoms. The van der Waals surface area contributed by atoms with E-state index >= 15 is 0 Å². The van der Waals surface area contributed by atoms with Crippen LogP contribution < -0.4 is 10.4 Å². The molecule has 2 atom stereocenters. The normalized spacial score (nSPS) is 24.9. The fourth-order valence-electron chi connectivity index (χ4n) is 5.40. The summed E-state index contributed by atoms with van der Waals surface area (Å²) < 4.78 is 7.43. The molecule has 0 radical (unpaired) electrons. The summed E-state index contributed by atoms with van der Waals surface area (Å²) in [5, 5.41) is 2.63. The maximum Gasteiger partial charge on any atom is 0.261 e. The van der Waals surface area contributed by atoms with Crippen molar-refractivity contribution in [2.75, 3.05) is 0 Å². The zero-order valence-electron chi connectivity index (χ0n) is 18.1. The summed E-state index contributed by atoms with van der Waals surface area (Å²) in [4.78, 5) is 12.0. The third kappa shape index (κ3) is 3.34. The number of ketones is 1. The van der Waals surface area contributed by atoms with E-state index in [-0.39, 0.29) is 22.3 Å². The molecule has 2 aromatic carbocycles. The largest absolute Gasteiger partial charge is 0.404 e. The standard InChI is InChI=1S/C26H32O2Si/c1-25(2,3)29(22-11-7-5-8-12-22,23-13-9-6-10-14-23)28-24-16-15-20-19-21(27)17-18-26(20,24)4/h5-14,19,24H,15-18H2,1-4H3/t24-,26+/m1/s1. The maximum absolute atomic E-state index is 12.0. The molecule has 3 heteroatoms. The molecule has 0 spiro atoms. The van der Waals surface area contributed by atoms with E-state index in [4.69, 9.17) is 4.43 Å². The van der Waals surface area contributed by atoms with Gasteiger partial charge < -0.3 is 4.43 Å². The first kappa shape index (κ1) is 20.3. The first-order chi connectivity index (χ1) is 13.8. The van der Waals surface area contributed by atoms with Crippen molar-refractivity contribution in [2.24, 2.45) is 5.41 Å². The molecule has 0 amide bonds. The van der Waals surface area contributed by atoms with Crippen LogP contribution in [0.2, 0.25) is 5.04 Å². The second-order valence-corrected chi connectivity index (χ2v) is 14.1. The highest BCUT2D eigenvalue weighted by Crippen LogP contribution is 2.52. The minimum Gasteiger partial charge on any atom is -0.404 e. The number of carbonyl (C=O) groups excluding carboxylic acids is 1. The van der Waals surface area contributed by atoms with Gasteiger partial charge in [0.15, 0.2) is 5.78 Å². The molecule has 29 heavy (non-hydrogen) atoms. The quantitative estimate of drug-likeness (QED) is 0.669. The number of allylic oxidation sites excluding steroid dienone is 1. The van der Waals surface area contributed by atoms with Crippen molar-refractivity contribution in [2.45, 2.75) is 64.5 Å². The molecule has 0 saturated heterocycles. The Morgan fingerprint density at radius 1 is 0.931 bits per heavy atom. The monoisotopic (exact) mass is 404 g/mol. The molecule has 2 aliphatic carbocycles. The number of carbonyl (C=O) groups is 1. The Hall–Kier alpha value is -1.97. The summed E-state index contributed by atoms with van der Waals surface area (Å²) in [7, 11) is -2.57. The van der Waals surface area contributed by atoms with Crippen LogP contribution in [0.1, 0.15) is 53.4 Å². The molecule has 2 aliphatic rings. The Morgan fingerprint density at radius 3 is 2.00 bits per heavy atom. The number of fused-ring (bicyclic) bond motifs is 1. The Morgan fingerprint density at radius 2 is 1.48 bits per heavy atom. The van der Waals surface area contributed by atoms with Crippen LogP contribution in [0.25, 0.3) is 0 Å². The minimum absolute atomic E-state index is 0.0248. The summed E-state index contributed by atoms with van der Waals surface area (Å²) in [6, 6.07) is 21.7. The predicted molar refractivity (Wildman–Crippen MR) is 122 cm³/mol. The van der Waals surface area contributed by atoms with Crippen LogP contribution in [0.4, 0.5) is 0 Å². The SMILES string of the molecule is CC(C)(C)[Si](O[C@@H]1CCC2=CC(=O)CC[C@@]21C)(c1ccccc1)c1ccccc1. The Labute approximate surface area is 176 Å². The van der Waals surface area contributed by atoms with E-state index in [0.717, 1.165) is 19.3 Å². The van der Waals surface area contributed by atoms with Crippen molar-refractivity contribution in [3.05, 3.63) is 72.3 Å². The lowest BCUT2D eigenvalue weighted by Crippen LogP contribution is -2.68. The van der Waals surface area contributed by atoms with Crippen LogP contribution in [0.3, 0.4) is 0 Å². The summed E-state index contributed by atoms with van der Waals surface area (Å²) in [6.45, 7) is 9.31. The van der Waals surface area contributed by atoms with Gasteiger partial charge in [-0.2, -0.15) is 0 Å². The predicted octanol–water partition coefficient (Wildman–Crippen LogP) is 5.02. The molecule has 4 rings (SSSR count). The first-order valence-electron chi connectivity index (χ1n) is 10.8. The Kier molecular flexibility index (Phi) is 5.16. The first-order valence-corrected chi connectivity index (χ1v) is 12.7. The lowest BCUT2D eigenvalue weighted by atomic mass is 9.74. The van der Waals surface area contributed by atoms with Gasteiger partial charge in [-0.15, -0.1) is 0 Å². The van der Waals surface area contributed by atoms with E-state index in [2.05, 4.69) is 88.4 Å². The van der Waals surface area contributed by atoms with Gasteiger partial charge in [0, 0.05) is 11.8 Å². The van der Waals surface area contributed by atoms with E-state index in [9.17, 15) is 4.79 Å². The van der Waals surface area contributed by atoms with Gasteiger partial charge >= 0.3 is 0 Å². The number of benzene rings is 2. The summed E-state index contributed by atoms with van der Waals surface area (Å²) in [5.41, 5.74) is 1.28. The van der Waals surface area contributed by atoms with E-state index in [1.54, 1.807) is 0 Å². The maximum atomic E-state index is 12.0. The second kappa shape index (κ2) is 7.37. The lowest BCUT2D eigenvalue weighted by molar-refractivity contribution is -0.116. The number of rotatable bonds is 4. The van der Waals surface area contributed by atoms with Crippen molar-refractivity contribution in [3.8, 4) is 0 Å². The van der Waals surface area contributed by atoms with Gasteiger partial charge in [-0.05, 0) is 40.8 Å². The zero-order chi connectivity index (χ0) is 20.7. The van der Waals surface area contributed by atoms with E-state index in [1.807, 2.05) is 6.08 Å². The molecule has 2 aromatic rings. The number of hydrogen-bond acceptors (Lipinski definition) is 2. The van der Waals surface area contributed by atoms with Crippen molar-refractivity contribution >= 4 is 24.5 Å². The van der Waals surface area contributed by atoms with Gasteiger partial charge in [-0.25, -0.2) is 0 Å². The van der Waals surface area contributed by atoms with Gasteiger partial charge in [-0.3, -0.25) is 4.79 Å². The van der Waals surface area contributed by atoms with Gasteiger partial charge in [0.1, 0.15) is 0 Å². The lowest BCUT2D eigenvalue weighted by Gasteiger charge is -2.48. The topological polar surface area (TPSA) is 26.3 Å². The van der Waals surface area contributed by atoms with E-state index in [1.165, 1.54) is 15.9 Å². The molecule has 0 aromatic heterocycles. The Bertz CT molecular complexity index is 871. The van der Waals surface area contributed by atoms with Crippen molar-refractivity contribution < 1.29 is 9.22 Å². The molecule has 0 heterocycles. The van der Waals surface area contributed by atoms with Crippen LogP contribution in [-0.2, 0) is 9.22 Å². The average Bonchev–Trinajstić information content (AvgIpc) is 3.02. The molecular formula is C26H32O2Si. The molecule has 2 nitrogen and oxygen atoms in total. The summed E-state index contributed by atoms with van der Waals surface area (Å²) >= 11 is 0. The highest BCUT2D eigenvalue weighted by molar-refractivity contribution is 6.99. The second-order valence-electron chi connectivity index (χ2n) is 9.86. The summed E-state index contributed by atoms with van der Waals surface area (Å²) in [6.07, 6.45) is 5.58. The third-order valence-electron chi connectivity index (χ3n) is 7.08. The van der Waals surface area contributed by atoms with Gasteiger partial charge in [-0.1, -0.05) is 93.9 Å².